The molecule has 1 aromatic carbocycles. The van der Waals surface area contributed by atoms with Crippen molar-refractivity contribution in [3.05, 3.63) is 33.8 Å². The zero-order valence-corrected chi connectivity index (χ0v) is 12.5. The van der Waals surface area contributed by atoms with E-state index in [-0.39, 0.29) is 0 Å². The number of rotatable bonds is 8. The predicted octanol–water partition coefficient (Wildman–Crippen LogP) is 4.15. The Morgan fingerprint density at radius 1 is 1.22 bits per heavy atom. The van der Waals surface area contributed by atoms with E-state index in [1.807, 2.05) is 12.1 Å². The molecule has 0 saturated carbocycles. The van der Waals surface area contributed by atoms with Gasteiger partial charge >= 0.3 is 0 Å². The standard InChI is InChI=1S/C14H21Cl2NO/c1-11(2)5-7-18-8-6-17-10-12-9-13(15)3-4-14(12)16/h3-4,9,11,17H,5-8,10H2,1-2H3. The summed E-state index contributed by atoms with van der Waals surface area (Å²) in [5.41, 5.74) is 1.02. The lowest BCUT2D eigenvalue weighted by Crippen LogP contribution is -2.19. The second-order valence-corrected chi connectivity index (χ2v) is 5.55. The first-order chi connectivity index (χ1) is 8.59. The van der Waals surface area contributed by atoms with E-state index in [4.69, 9.17) is 27.9 Å². The molecule has 4 heteroatoms. The van der Waals surface area contributed by atoms with Crippen LogP contribution in [0.3, 0.4) is 0 Å². The molecule has 102 valence electrons. The lowest BCUT2D eigenvalue weighted by molar-refractivity contribution is 0.125. The Balaban J connectivity index is 2.12. The van der Waals surface area contributed by atoms with Crippen LogP contribution in [0.15, 0.2) is 18.2 Å². The number of nitrogens with one attached hydrogen (secondary N) is 1. The molecule has 1 rings (SSSR count). The Hall–Kier alpha value is -0.280. The van der Waals surface area contributed by atoms with E-state index in [1.165, 1.54) is 0 Å². The first-order valence-corrected chi connectivity index (χ1v) is 7.07. The summed E-state index contributed by atoms with van der Waals surface area (Å²) in [5.74, 6) is 0.697. The van der Waals surface area contributed by atoms with Crippen molar-refractivity contribution in [2.24, 2.45) is 5.92 Å². The van der Waals surface area contributed by atoms with E-state index < -0.39 is 0 Å². The maximum atomic E-state index is 6.06. The molecule has 0 unspecified atom stereocenters. The molecule has 18 heavy (non-hydrogen) atoms. The van der Waals surface area contributed by atoms with E-state index in [0.717, 1.165) is 36.8 Å². The van der Waals surface area contributed by atoms with Crippen molar-refractivity contribution >= 4 is 23.2 Å². The summed E-state index contributed by atoms with van der Waals surface area (Å²) in [5, 5.41) is 4.75. The Labute approximate surface area is 120 Å². The molecule has 0 saturated heterocycles. The number of ether oxygens (including phenoxy) is 1. The van der Waals surface area contributed by atoms with Gasteiger partial charge in [-0.1, -0.05) is 37.0 Å². The Bertz CT molecular complexity index is 356. The van der Waals surface area contributed by atoms with Crippen LogP contribution in [-0.4, -0.2) is 19.8 Å². The number of halogens is 2. The van der Waals surface area contributed by atoms with Gasteiger partial charge in [-0.25, -0.2) is 0 Å². The summed E-state index contributed by atoms with van der Waals surface area (Å²) in [6.07, 6.45) is 1.11. The molecule has 0 aliphatic rings. The van der Waals surface area contributed by atoms with Gasteiger partial charge in [-0.3, -0.25) is 0 Å². The third-order valence-electron chi connectivity index (χ3n) is 2.59. The summed E-state index contributed by atoms with van der Waals surface area (Å²) in [4.78, 5) is 0. The molecule has 0 aliphatic heterocycles. The summed E-state index contributed by atoms with van der Waals surface area (Å²) >= 11 is 12.0. The van der Waals surface area contributed by atoms with Crippen LogP contribution in [0.4, 0.5) is 0 Å². The van der Waals surface area contributed by atoms with E-state index >= 15 is 0 Å². The van der Waals surface area contributed by atoms with Gasteiger partial charge in [0.1, 0.15) is 0 Å². The Morgan fingerprint density at radius 3 is 2.72 bits per heavy atom. The van der Waals surface area contributed by atoms with Crippen LogP contribution in [0.25, 0.3) is 0 Å². The molecule has 2 nitrogen and oxygen atoms in total. The minimum absolute atomic E-state index is 0.697. The molecule has 0 atom stereocenters. The van der Waals surface area contributed by atoms with Gasteiger partial charge in [-0.05, 0) is 36.1 Å². The number of hydrogen-bond donors (Lipinski definition) is 1. The summed E-state index contributed by atoms with van der Waals surface area (Å²) in [6, 6.07) is 5.50. The van der Waals surface area contributed by atoms with Crippen LogP contribution in [0.2, 0.25) is 10.0 Å². The lowest BCUT2D eigenvalue weighted by atomic mass is 10.1. The van der Waals surface area contributed by atoms with Crippen LogP contribution < -0.4 is 5.32 Å². The molecule has 0 aliphatic carbocycles. The van der Waals surface area contributed by atoms with Crippen LogP contribution in [-0.2, 0) is 11.3 Å². The molecule has 0 aromatic heterocycles. The first-order valence-electron chi connectivity index (χ1n) is 6.32. The maximum Gasteiger partial charge on any atom is 0.0591 e. The second-order valence-electron chi connectivity index (χ2n) is 4.71. The van der Waals surface area contributed by atoms with Crippen molar-refractivity contribution in [1.82, 2.24) is 5.32 Å². The van der Waals surface area contributed by atoms with Crippen molar-refractivity contribution < 1.29 is 4.74 Å². The first kappa shape index (κ1) is 15.8. The highest BCUT2D eigenvalue weighted by Gasteiger charge is 2.00. The monoisotopic (exact) mass is 289 g/mol. The second kappa shape index (κ2) is 8.76. The fraction of sp³-hybridized carbons (Fsp3) is 0.571. The topological polar surface area (TPSA) is 21.3 Å². The fourth-order valence-electron chi connectivity index (χ4n) is 1.47. The Morgan fingerprint density at radius 2 is 2.00 bits per heavy atom. The smallest absolute Gasteiger partial charge is 0.0591 e. The SMILES string of the molecule is CC(C)CCOCCNCc1cc(Cl)ccc1Cl. The van der Waals surface area contributed by atoms with Crippen LogP contribution in [0.5, 0.6) is 0 Å². The fourth-order valence-corrected chi connectivity index (χ4v) is 1.85. The molecule has 1 N–H and O–H groups in total. The quantitative estimate of drug-likeness (QED) is 0.726. The van der Waals surface area contributed by atoms with Gasteiger partial charge in [0, 0.05) is 29.7 Å². The van der Waals surface area contributed by atoms with Gasteiger partial charge in [-0.15, -0.1) is 0 Å². The van der Waals surface area contributed by atoms with E-state index in [2.05, 4.69) is 19.2 Å². The maximum absolute atomic E-state index is 6.06. The predicted molar refractivity (Wildman–Crippen MR) is 78.4 cm³/mol. The normalized spacial score (nSPS) is 11.2. The highest BCUT2D eigenvalue weighted by molar-refractivity contribution is 6.33. The van der Waals surface area contributed by atoms with E-state index in [0.29, 0.717) is 17.5 Å². The Kier molecular flexibility index (Phi) is 7.68. The van der Waals surface area contributed by atoms with Gasteiger partial charge in [0.15, 0.2) is 0 Å². The third-order valence-corrected chi connectivity index (χ3v) is 3.19. The molecule has 0 amide bonds. The summed E-state index contributed by atoms with van der Waals surface area (Å²) in [6.45, 7) is 7.49. The third kappa shape index (κ3) is 6.60. The van der Waals surface area contributed by atoms with Crippen molar-refractivity contribution in [3.8, 4) is 0 Å². The van der Waals surface area contributed by atoms with Crippen LogP contribution >= 0.6 is 23.2 Å². The average molecular weight is 290 g/mol. The highest BCUT2D eigenvalue weighted by Crippen LogP contribution is 2.20. The van der Waals surface area contributed by atoms with Crippen molar-refractivity contribution in [3.63, 3.8) is 0 Å². The molecule has 0 radical (unpaired) electrons. The molecule has 0 heterocycles. The zero-order valence-electron chi connectivity index (χ0n) is 11.0. The summed E-state index contributed by atoms with van der Waals surface area (Å²) in [7, 11) is 0. The number of hydrogen-bond acceptors (Lipinski definition) is 2. The zero-order chi connectivity index (χ0) is 13.4. The largest absolute Gasteiger partial charge is 0.380 e. The molecular weight excluding hydrogens is 269 g/mol. The molecule has 0 bridgehead atoms. The van der Waals surface area contributed by atoms with E-state index in [1.54, 1.807) is 6.07 Å². The highest BCUT2D eigenvalue weighted by atomic mass is 35.5. The lowest BCUT2D eigenvalue weighted by Gasteiger charge is -2.09. The molecule has 0 fully saturated rings. The van der Waals surface area contributed by atoms with Crippen molar-refractivity contribution in [1.29, 1.82) is 0 Å². The van der Waals surface area contributed by atoms with Gasteiger partial charge in [0.25, 0.3) is 0 Å². The van der Waals surface area contributed by atoms with Crippen molar-refractivity contribution in [2.75, 3.05) is 19.8 Å². The average Bonchev–Trinajstić information content (AvgIpc) is 2.32. The number of benzene rings is 1. The van der Waals surface area contributed by atoms with Gasteiger partial charge in [0.2, 0.25) is 0 Å². The van der Waals surface area contributed by atoms with Gasteiger partial charge in [-0.2, -0.15) is 0 Å². The minimum Gasteiger partial charge on any atom is -0.380 e. The van der Waals surface area contributed by atoms with Gasteiger partial charge < -0.3 is 10.1 Å². The van der Waals surface area contributed by atoms with Gasteiger partial charge in [0.05, 0.1) is 6.61 Å². The van der Waals surface area contributed by atoms with Crippen LogP contribution in [0.1, 0.15) is 25.8 Å². The molecule has 0 spiro atoms. The van der Waals surface area contributed by atoms with Crippen LogP contribution in [0, 0.1) is 5.92 Å². The minimum atomic E-state index is 0.697. The van der Waals surface area contributed by atoms with E-state index in [9.17, 15) is 0 Å². The molecular formula is C14H21Cl2NO. The summed E-state index contributed by atoms with van der Waals surface area (Å²) < 4.78 is 5.51. The van der Waals surface area contributed by atoms with Crippen molar-refractivity contribution in [2.45, 2.75) is 26.8 Å². The molecule has 1 aromatic rings.